The SMILES string of the molecule is OC[C@@H](O)[C@@H]1[Se]C[C@@H](O)[C@H]1O.O[C@@H]1C[Se]C[C@H]1O. The van der Waals surface area contributed by atoms with Crippen LogP contribution in [0.3, 0.4) is 0 Å². The summed E-state index contributed by atoms with van der Waals surface area (Å²) in [4.78, 5) is -0.303. The second-order valence-electron chi connectivity index (χ2n) is 4.28. The molecule has 2 rings (SSSR count). The molecule has 0 unspecified atom stereocenters. The van der Waals surface area contributed by atoms with Crippen molar-refractivity contribution in [2.45, 2.75) is 51.3 Å². The standard InChI is InChI=1S/C6H12O4Se.C4H8O2Se/c7-1-3(8)6-5(10)4(9)2-11-6;5-3-1-7-2-4(3)6/h3-10H,1-2H2;3-6H,1-2H2/t3-,4-,5-,6+;3-,4-/m11/s1. The molecule has 0 aromatic heterocycles. The Morgan fingerprint density at radius 3 is 1.78 bits per heavy atom. The molecule has 2 fully saturated rings. The van der Waals surface area contributed by atoms with Crippen molar-refractivity contribution in [3.8, 4) is 0 Å². The molecule has 0 aliphatic carbocycles. The van der Waals surface area contributed by atoms with Gasteiger partial charge < -0.3 is 0 Å². The molecule has 0 bridgehead atoms. The molecule has 108 valence electrons. The van der Waals surface area contributed by atoms with Crippen molar-refractivity contribution in [2.24, 2.45) is 0 Å². The van der Waals surface area contributed by atoms with E-state index >= 15 is 0 Å². The third kappa shape index (κ3) is 4.72. The van der Waals surface area contributed by atoms with Gasteiger partial charge in [0.15, 0.2) is 0 Å². The topological polar surface area (TPSA) is 121 Å². The molecule has 0 aromatic carbocycles. The number of hydrogen-bond acceptors (Lipinski definition) is 6. The van der Waals surface area contributed by atoms with E-state index in [0.29, 0.717) is 20.3 Å². The Kier molecular flexibility index (Phi) is 7.65. The fraction of sp³-hybridized carbons (Fsp3) is 1.00. The Morgan fingerprint density at radius 1 is 0.944 bits per heavy atom. The van der Waals surface area contributed by atoms with Crippen molar-refractivity contribution in [2.75, 3.05) is 6.61 Å². The molecule has 0 spiro atoms. The van der Waals surface area contributed by atoms with Crippen molar-refractivity contribution in [3.63, 3.8) is 0 Å². The van der Waals surface area contributed by atoms with Crippen LogP contribution in [0.5, 0.6) is 0 Å². The third-order valence-corrected chi connectivity index (χ3v) is 8.37. The van der Waals surface area contributed by atoms with Crippen LogP contribution in [0.2, 0.25) is 20.8 Å². The van der Waals surface area contributed by atoms with E-state index in [1.54, 1.807) is 0 Å². The van der Waals surface area contributed by atoms with Gasteiger partial charge in [-0.05, 0) is 0 Å². The van der Waals surface area contributed by atoms with Gasteiger partial charge in [0.05, 0.1) is 0 Å². The van der Waals surface area contributed by atoms with Gasteiger partial charge in [0.2, 0.25) is 0 Å². The number of hydrogen-bond donors (Lipinski definition) is 6. The first-order chi connectivity index (χ1) is 8.47. The molecule has 6 N–H and O–H groups in total. The quantitative estimate of drug-likeness (QED) is 0.283. The van der Waals surface area contributed by atoms with Crippen molar-refractivity contribution >= 4 is 29.9 Å². The molecule has 0 aromatic rings. The van der Waals surface area contributed by atoms with Crippen LogP contribution in [0, 0.1) is 0 Å². The van der Waals surface area contributed by atoms with Crippen LogP contribution >= 0.6 is 0 Å². The zero-order valence-corrected chi connectivity index (χ0v) is 13.2. The molecular weight excluding hydrogens is 374 g/mol. The fourth-order valence-corrected chi connectivity index (χ4v) is 6.57. The second-order valence-corrected chi connectivity index (χ2v) is 9.07. The molecule has 2 saturated heterocycles. The summed E-state index contributed by atoms with van der Waals surface area (Å²) in [5.74, 6) is 0. The first kappa shape index (κ1) is 16.9. The molecule has 0 amide bonds. The van der Waals surface area contributed by atoms with Crippen LogP contribution in [0.1, 0.15) is 0 Å². The molecule has 6 nitrogen and oxygen atoms in total. The third-order valence-electron chi connectivity index (χ3n) is 2.78. The van der Waals surface area contributed by atoms with E-state index < -0.39 is 30.5 Å². The monoisotopic (exact) mass is 396 g/mol. The summed E-state index contributed by atoms with van der Waals surface area (Å²) in [5, 5.41) is 55.8. The molecule has 6 atom stereocenters. The van der Waals surface area contributed by atoms with Crippen molar-refractivity contribution in [3.05, 3.63) is 0 Å². The van der Waals surface area contributed by atoms with Crippen molar-refractivity contribution in [1.82, 2.24) is 0 Å². The summed E-state index contributed by atoms with van der Waals surface area (Å²) in [6.07, 6.45) is -3.24. The maximum atomic E-state index is 9.25. The van der Waals surface area contributed by atoms with Gasteiger partial charge in [-0.3, -0.25) is 0 Å². The molecule has 2 aliphatic heterocycles. The van der Waals surface area contributed by atoms with Gasteiger partial charge in [0.25, 0.3) is 0 Å². The van der Waals surface area contributed by atoms with E-state index in [2.05, 4.69) is 0 Å². The van der Waals surface area contributed by atoms with Gasteiger partial charge in [-0.1, -0.05) is 0 Å². The van der Waals surface area contributed by atoms with E-state index in [4.69, 9.17) is 25.5 Å². The average molecular weight is 394 g/mol. The van der Waals surface area contributed by atoms with Crippen LogP contribution in [0.15, 0.2) is 0 Å². The molecular formula is C10H20O6Se2. The van der Waals surface area contributed by atoms with Gasteiger partial charge in [-0.25, -0.2) is 0 Å². The minimum absolute atomic E-state index is 0.0426. The molecule has 2 heterocycles. The summed E-state index contributed by atoms with van der Waals surface area (Å²) >= 11 is 0.555. The summed E-state index contributed by atoms with van der Waals surface area (Å²) in [7, 11) is 0. The van der Waals surface area contributed by atoms with Crippen LogP contribution in [0.25, 0.3) is 0 Å². The molecule has 2 aliphatic rings. The van der Waals surface area contributed by atoms with Crippen LogP contribution in [0.4, 0.5) is 0 Å². The van der Waals surface area contributed by atoms with Crippen LogP contribution in [-0.4, -0.2) is 97.7 Å². The average Bonchev–Trinajstić information content (AvgIpc) is 2.88. The number of rotatable bonds is 2. The van der Waals surface area contributed by atoms with Crippen LogP contribution in [-0.2, 0) is 0 Å². The van der Waals surface area contributed by atoms with Crippen LogP contribution < -0.4 is 0 Å². The zero-order chi connectivity index (χ0) is 13.7. The molecule has 8 heteroatoms. The first-order valence-corrected chi connectivity index (χ1v) is 10.3. The van der Waals surface area contributed by atoms with E-state index in [1.807, 2.05) is 0 Å². The van der Waals surface area contributed by atoms with Crippen molar-refractivity contribution < 1.29 is 30.6 Å². The Balaban J connectivity index is 0.000000199. The molecule has 18 heavy (non-hydrogen) atoms. The fourth-order valence-electron chi connectivity index (χ4n) is 1.60. The predicted octanol–water partition coefficient (Wildman–Crippen LogP) is -2.75. The molecule has 0 radical (unpaired) electrons. The Morgan fingerprint density at radius 2 is 1.50 bits per heavy atom. The predicted molar refractivity (Wildman–Crippen MR) is 66.8 cm³/mol. The van der Waals surface area contributed by atoms with E-state index in [-0.39, 0.29) is 26.4 Å². The number of aliphatic hydroxyl groups excluding tert-OH is 6. The molecule has 0 saturated carbocycles. The summed E-state index contributed by atoms with van der Waals surface area (Å²) in [6.45, 7) is -0.337. The Hall–Kier alpha value is 0.799. The maximum absolute atomic E-state index is 9.25. The van der Waals surface area contributed by atoms with Gasteiger partial charge in [0.1, 0.15) is 0 Å². The van der Waals surface area contributed by atoms with Gasteiger partial charge in [-0.2, -0.15) is 0 Å². The van der Waals surface area contributed by atoms with Crippen molar-refractivity contribution in [1.29, 1.82) is 0 Å². The van der Waals surface area contributed by atoms with Gasteiger partial charge in [0, 0.05) is 0 Å². The van der Waals surface area contributed by atoms with Gasteiger partial charge in [-0.15, -0.1) is 0 Å². The summed E-state index contributed by atoms with van der Waals surface area (Å²) < 4.78 is 0. The first-order valence-electron chi connectivity index (χ1n) is 5.68. The zero-order valence-electron chi connectivity index (χ0n) is 9.79. The number of aliphatic hydroxyl groups is 6. The van der Waals surface area contributed by atoms with E-state index in [1.165, 1.54) is 0 Å². The summed E-state index contributed by atoms with van der Waals surface area (Å²) in [5.41, 5.74) is 0. The normalized spacial score (nSPS) is 41.3. The minimum atomic E-state index is -0.873. The van der Waals surface area contributed by atoms with E-state index in [0.717, 1.165) is 10.6 Å². The van der Waals surface area contributed by atoms with Gasteiger partial charge >= 0.3 is 118 Å². The Bertz CT molecular complexity index is 236. The second kappa shape index (κ2) is 8.17. The summed E-state index contributed by atoms with van der Waals surface area (Å²) in [6, 6.07) is 0. The Labute approximate surface area is 118 Å². The van der Waals surface area contributed by atoms with E-state index in [9.17, 15) is 5.11 Å².